The molecular weight excluding hydrogens is 468 g/mol. The molecule has 35 heavy (non-hydrogen) atoms. The van der Waals surface area contributed by atoms with Crippen molar-refractivity contribution in [2.24, 2.45) is 0 Å². The van der Waals surface area contributed by atoms with Crippen molar-refractivity contribution in [1.29, 1.82) is 0 Å². The number of rotatable bonds is 4. The van der Waals surface area contributed by atoms with Gasteiger partial charge in [-0.05, 0) is 44.2 Å². The molecule has 1 aliphatic rings. The summed E-state index contributed by atoms with van der Waals surface area (Å²) in [6.07, 6.45) is 0. The zero-order valence-electron chi connectivity index (χ0n) is 19.4. The van der Waals surface area contributed by atoms with Crippen LogP contribution in [0.4, 0.5) is 5.69 Å². The number of carbonyl (C=O) groups is 1. The van der Waals surface area contributed by atoms with Gasteiger partial charge in [-0.25, -0.2) is 13.4 Å². The lowest BCUT2D eigenvalue weighted by Crippen LogP contribution is -2.51. The first-order valence-electron chi connectivity index (χ1n) is 11.4. The Labute approximate surface area is 201 Å². The minimum Gasteiger partial charge on any atom is -0.396 e. The second kappa shape index (κ2) is 8.51. The third kappa shape index (κ3) is 3.96. The van der Waals surface area contributed by atoms with E-state index >= 15 is 0 Å². The van der Waals surface area contributed by atoms with Crippen LogP contribution in [0.2, 0.25) is 0 Å². The summed E-state index contributed by atoms with van der Waals surface area (Å²) in [5, 5.41) is 0.114. The van der Waals surface area contributed by atoms with Gasteiger partial charge in [0.1, 0.15) is 0 Å². The van der Waals surface area contributed by atoms with E-state index in [1.165, 1.54) is 4.31 Å². The largest absolute Gasteiger partial charge is 0.396 e. The van der Waals surface area contributed by atoms with Crippen molar-refractivity contribution in [2.45, 2.75) is 19.1 Å². The van der Waals surface area contributed by atoms with Gasteiger partial charge in [-0.15, -0.1) is 0 Å². The number of aromatic nitrogens is 3. The Bertz CT molecular complexity index is 1610. The summed E-state index contributed by atoms with van der Waals surface area (Å²) in [4.78, 5) is 38.0. The van der Waals surface area contributed by atoms with Crippen LogP contribution in [0.3, 0.4) is 0 Å². The van der Waals surface area contributed by atoms with E-state index < -0.39 is 15.3 Å². The molecule has 0 bridgehead atoms. The number of nitrogens with two attached hydrogens (primary N) is 1. The molecule has 4 N–H and O–H groups in total. The number of nitrogens with zero attached hydrogens (tertiary/aromatic N) is 3. The van der Waals surface area contributed by atoms with Gasteiger partial charge in [-0.3, -0.25) is 9.59 Å². The fraction of sp³-hybridized carbons (Fsp3) is 0.292. The van der Waals surface area contributed by atoms with Crippen molar-refractivity contribution in [3.8, 4) is 11.4 Å². The molecule has 0 radical (unpaired) electrons. The molecule has 10 nitrogen and oxygen atoms in total. The van der Waals surface area contributed by atoms with Crippen molar-refractivity contribution < 1.29 is 13.2 Å². The van der Waals surface area contributed by atoms with Crippen LogP contribution in [0, 0.1) is 0 Å². The highest BCUT2D eigenvalue weighted by molar-refractivity contribution is 7.89. The third-order valence-electron chi connectivity index (χ3n) is 6.40. The summed E-state index contributed by atoms with van der Waals surface area (Å²) >= 11 is 0. The van der Waals surface area contributed by atoms with E-state index in [2.05, 4.69) is 15.0 Å². The van der Waals surface area contributed by atoms with Crippen molar-refractivity contribution in [3.05, 3.63) is 58.4 Å². The first-order valence-corrected chi connectivity index (χ1v) is 12.9. The molecule has 2 aromatic carbocycles. The zero-order chi connectivity index (χ0) is 24.9. The number of piperazine rings is 1. The molecule has 2 aromatic heterocycles. The third-order valence-corrected chi connectivity index (χ3v) is 8.68. The van der Waals surface area contributed by atoms with E-state index in [9.17, 15) is 18.0 Å². The summed E-state index contributed by atoms with van der Waals surface area (Å²) in [7, 11) is -3.35. The highest BCUT2D eigenvalue weighted by atomic mass is 32.2. The number of aromatic amines is 2. The molecule has 1 fully saturated rings. The van der Waals surface area contributed by atoms with Gasteiger partial charge in [0.2, 0.25) is 10.0 Å². The number of sulfonamides is 1. The van der Waals surface area contributed by atoms with Crippen LogP contribution >= 0.6 is 0 Å². The molecule has 1 aliphatic heterocycles. The molecule has 0 spiro atoms. The number of H-pyrrole nitrogens is 2. The molecule has 1 amide bonds. The van der Waals surface area contributed by atoms with Gasteiger partial charge in [-0.2, -0.15) is 4.31 Å². The molecule has 11 heteroatoms. The Hall–Kier alpha value is -3.70. The van der Waals surface area contributed by atoms with Crippen LogP contribution in [-0.4, -0.2) is 69.9 Å². The van der Waals surface area contributed by atoms with Gasteiger partial charge in [0.25, 0.3) is 11.5 Å². The number of hydrogen-bond acceptors (Lipinski definition) is 6. The second-order valence-corrected chi connectivity index (χ2v) is 11.4. The maximum Gasteiger partial charge on any atom is 0.276 e. The number of fused-ring (bicyclic) bond motifs is 2. The minimum absolute atomic E-state index is 0.174. The van der Waals surface area contributed by atoms with E-state index in [-0.39, 0.29) is 30.2 Å². The molecule has 0 aliphatic carbocycles. The quantitative estimate of drug-likeness (QED) is 0.396. The molecular formula is C24H26N6O4S. The molecule has 0 atom stereocenters. The average Bonchev–Trinajstić information content (AvgIpc) is 3.18. The van der Waals surface area contributed by atoms with Crippen molar-refractivity contribution in [2.75, 3.05) is 31.9 Å². The number of amides is 1. The number of nitrogens with one attached hydrogen (secondary N) is 2. The molecule has 3 heterocycles. The summed E-state index contributed by atoms with van der Waals surface area (Å²) in [6.45, 7) is 4.46. The Kier molecular flexibility index (Phi) is 5.60. The van der Waals surface area contributed by atoms with E-state index in [0.29, 0.717) is 52.0 Å². The first-order chi connectivity index (χ1) is 16.7. The maximum absolute atomic E-state index is 13.2. The monoisotopic (exact) mass is 494 g/mol. The number of benzene rings is 2. The standard InChI is InChI=1S/C24H26N6O4S/c1-14(2)35(33,34)30-11-9-29(10-12-30)24(32)15-7-8-17-16(13-15)20(25)21(26-17)22-23(31)28-19-6-4-3-5-18(19)27-22/h3-8,13-14,26H,9-12,25H2,1-2H3,(H,28,31). The lowest BCUT2D eigenvalue weighted by molar-refractivity contribution is 0.0697. The summed E-state index contributed by atoms with van der Waals surface area (Å²) in [5.74, 6) is -0.197. The summed E-state index contributed by atoms with van der Waals surface area (Å²) in [6, 6.07) is 12.4. The van der Waals surface area contributed by atoms with Crippen LogP contribution in [0.1, 0.15) is 24.2 Å². The zero-order valence-corrected chi connectivity index (χ0v) is 20.2. The van der Waals surface area contributed by atoms with E-state index in [0.717, 1.165) is 0 Å². The normalized spacial score (nSPS) is 15.3. The number of para-hydroxylation sites is 2. The predicted octanol–water partition coefficient (Wildman–Crippen LogP) is 2.15. The van der Waals surface area contributed by atoms with E-state index in [1.54, 1.807) is 49.1 Å². The van der Waals surface area contributed by atoms with Crippen LogP contribution in [0.25, 0.3) is 33.3 Å². The fourth-order valence-corrected chi connectivity index (χ4v) is 5.63. The Morgan fingerprint density at radius 2 is 1.74 bits per heavy atom. The van der Waals surface area contributed by atoms with Gasteiger partial charge in [0, 0.05) is 42.6 Å². The average molecular weight is 495 g/mol. The van der Waals surface area contributed by atoms with Gasteiger partial charge >= 0.3 is 0 Å². The van der Waals surface area contributed by atoms with Gasteiger partial charge in [0.05, 0.1) is 27.7 Å². The summed E-state index contributed by atoms with van der Waals surface area (Å²) < 4.78 is 26.3. The Morgan fingerprint density at radius 3 is 2.46 bits per heavy atom. The van der Waals surface area contributed by atoms with E-state index in [4.69, 9.17) is 5.73 Å². The van der Waals surface area contributed by atoms with Gasteiger partial charge in [-0.1, -0.05) is 12.1 Å². The van der Waals surface area contributed by atoms with Crippen LogP contribution in [0.15, 0.2) is 47.3 Å². The highest BCUT2D eigenvalue weighted by Gasteiger charge is 2.31. The Morgan fingerprint density at radius 1 is 1.03 bits per heavy atom. The molecule has 1 saturated heterocycles. The lowest BCUT2D eigenvalue weighted by Gasteiger charge is -2.35. The molecule has 0 unspecified atom stereocenters. The minimum atomic E-state index is -3.35. The van der Waals surface area contributed by atoms with Crippen molar-refractivity contribution >= 4 is 43.6 Å². The molecule has 5 rings (SSSR count). The lowest BCUT2D eigenvalue weighted by atomic mass is 10.1. The fourth-order valence-electron chi connectivity index (χ4n) is 4.36. The topological polar surface area (TPSA) is 145 Å². The first kappa shape index (κ1) is 23.1. The van der Waals surface area contributed by atoms with Crippen molar-refractivity contribution in [1.82, 2.24) is 24.2 Å². The summed E-state index contributed by atoms with van der Waals surface area (Å²) in [5.41, 5.74) is 9.31. The Balaban J connectivity index is 1.43. The number of carbonyl (C=O) groups excluding carboxylic acids is 1. The van der Waals surface area contributed by atoms with Gasteiger partial charge < -0.3 is 20.6 Å². The highest BCUT2D eigenvalue weighted by Crippen LogP contribution is 2.31. The number of anilines is 1. The van der Waals surface area contributed by atoms with Crippen LogP contribution in [-0.2, 0) is 10.0 Å². The number of hydrogen-bond donors (Lipinski definition) is 3. The van der Waals surface area contributed by atoms with Gasteiger partial charge in [0.15, 0.2) is 5.69 Å². The maximum atomic E-state index is 13.2. The smallest absolute Gasteiger partial charge is 0.276 e. The number of nitrogen functional groups attached to an aromatic ring is 1. The molecule has 4 aromatic rings. The molecule has 0 saturated carbocycles. The SMILES string of the molecule is CC(C)S(=O)(=O)N1CCN(C(=O)c2ccc3[nH]c(-c4nc5ccccc5[nH]c4=O)c(N)c3c2)CC1. The van der Waals surface area contributed by atoms with Crippen LogP contribution < -0.4 is 11.3 Å². The predicted molar refractivity (Wildman–Crippen MR) is 136 cm³/mol. The van der Waals surface area contributed by atoms with E-state index in [1.807, 2.05) is 12.1 Å². The van der Waals surface area contributed by atoms with Crippen molar-refractivity contribution in [3.63, 3.8) is 0 Å². The molecule has 182 valence electrons. The second-order valence-electron chi connectivity index (χ2n) is 8.89. The van der Waals surface area contributed by atoms with Crippen LogP contribution in [0.5, 0.6) is 0 Å².